The quantitative estimate of drug-likeness (QED) is 0.437. The van der Waals surface area contributed by atoms with Gasteiger partial charge in [0, 0.05) is 0 Å². The van der Waals surface area contributed by atoms with E-state index in [-0.39, 0.29) is 0 Å². The maximum atomic E-state index is 2.52. The molecule has 1 heteroatoms. The Hall–Kier alpha value is 0.0649. The van der Waals surface area contributed by atoms with E-state index in [1.807, 2.05) is 0 Å². The summed E-state index contributed by atoms with van der Waals surface area (Å²) >= 11 is 0. The van der Waals surface area contributed by atoms with Gasteiger partial charge in [0.25, 0.3) is 0 Å². The lowest BCUT2D eigenvalue weighted by molar-refractivity contribution is 0.263. The summed E-state index contributed by atoms with van der Waals surface area (Å²) in [5, 5.41) is 0. The number of unbranched alkanes of at least 4 members (excludes halogenated alkanes) is 3. The van der Waals surface area contributed by atoms with E-state index in [0.29, 0.717) is 0 Å². The van der Waals surface area contributed by atoms with Crippen LogP contribution < -0.4 is 0 Å². The van der Waals surface area contributed by atoms with Gasteiger partial charge in [-0.3, -0.25) is 0 Å². The fourth-order valence-corrected chi connectivity index (χ4v) is 4.22. The summed E-state index contributed by atoms with van der Waals surface area (Å²) in [6.45, 7) is 5.93. The van der Waals surface area contributed by atoms with E-state index in [0.717, 1.165) is 24.4 Å². The average Bonchev–Trinajstić information content (AvgIpc) is 2.32. The second-order valence-electron chi connectivity index (χ2n) is 6.51. The van der Waals surface area contributed by atoms with E-state index < -0.39 is 0 Å². The van der Waals surface area contributed by atoms with Crippen molar-refractivity contribution < 1.29 is 0 Å². The van der Waals surface area contributed by atoms with Crippen LogP contribution in [0.25, 0.3) is 0 Å². The van der Waals surface area contributed by atoms with Crippen molar-refractivity contribution in [1.82, 2.24) is 0 Å². The van der Waals surface area contributed by atoms with Crippen molar-refractivity contribution in [2.24, 2.45) is 11.8 Å². The Morgan fingerprint density at radius 3 is 2.75 bits per heavy atom. The molecular formula is C15H29B. The van der Waals surface area contributed by atoms with Gasteiger partial charge in [-0.25, -0.2) is 0 Å². The Morgan fingerprint density at radius 1 is 1.06 bits per heavy atom. The fourth-order valence-electron chi connectivity index (χ4n) is 4.22. The van der Waals surface area contributed by atoms with Crippen molar-refractivity contribution >= 4 is 6.71 Å². The molecule has 1 heterocycles. The summed E-state index contributed by atoms with van der Waals surface area (Å²) < 4.78 is 0. The van der Waals surface area contributed by atoms with Crippen LogP contribution in [-0.4, -0.2) is 6.71 Å². The standard InChI is InChI=1S/C15H29B/c1-3-4-5-6-10-16-11-9-14-8-7-13(2)15(16)12-14/h13-15H,3-12H2,1-2H3. The molecule has 0 aromatic rings. The minimum atomic E-state index is 1.03. The zero-order chi connectivity index (χ0) is 11.4. The molecule has 0 nitrogen and oxygen atoms in total. The van der Waals surface area contributed by atoms with Gasteiger partial charge in [-0.15, -0.1) is 0 Å². The van der Waals surface area contributed by atoms with Crippen LogP contribution in [0.15, 0.2) is 0 Å². The molecule has 2 fully saturated rings. The first-order valence-electron chi connectivity index (χ1n) is 7.81. The zero-order valence-electron chi connectivity index (χ0n) is 11.4. The molecule has 0 aromatic carbocycles. The maximum absolute atomic E-state index is 2.52. The van der Waals surface area contributed by atoms with E-state index in [2.05, 4.69) is 13.8 Å². The molecule has 1 saturated heterocycles. The smallest absolute Gasteiger partial charge is 0.0739 e. The van der Waals surface area contributed by atoms with Crippen LogP contribution in [0.1, 0.15) is 65.2 Å². The predicted molar refractivity (Wildman–Crippen MR) is 74.4 cm³/mol. The van der Waals surface area contributed by atoms with Gasteiger partial charge in [-0.2, -0.15) is 0 Å². The van der Waals surface area contributed by atoms with Gasteiger partial charge in [0.1, 0.15) is 6.71 Å². The molecule has 0 N–H and O–H groups in total. The van der Waals surface area contributed by atoms with Crippen molar-refractivity contribution in [3.63, 3.8) is 0 Å². The maximum Gasteiger partial charge on any atom is 0.143 e. The topological polar surface area (TPSA) is 0 Å². The third-order valence-corrected chi connectivity index (χ3v) is 5.35. The summed E-state index contributed by atoms with van der Waals surface area (Å²) in [5.74, 6) is 3.26. The first-order chi connectivity index (χ1) is 7.81. The first kappa shape index (κ1) is 12.5. The van der Waals surface area contributed by atoms with E-state index >= 15 is 0 Å². The van der Waals surface area contributed by atoms with Gasteiger partial charge < -0.3 is 0 Å². The lowest BCUT2D eigenvalue weighted by Crippen LogP contribution is -2.35. The summed E-state index contributed by atoms with van der Waals surface area (Å²) in [6.07, 6.45) is 15.1. The van der Waals surface area contributed by atoms with Gasteiger partial charge in [0.05, 0.1) is 0 Å². The van der Waals surface area contributed by atoms with Gasteiger partial charge in [0.15, 0.2) is 0 Å². The molecule has 2 aliphatic rings. The highest BCUT2D eigenvalue weighted by molar-refractivity contribution is 6.60. The van der Waals surface area contributed by atoms with E-state index in [1.54, 1.807) is 31.9 Å². The third kappa shape index (κ3) is 3.05. The second-order valence-corrected chi connectivity index (χ2v) is 6.51. The van der Waals surface area contributed by atoms with Gasteiger partial charge in [-0.1, -0.05) is 83.7 Å². The van der Waals surface area contributed by atoms with Crippen molar-refractivity contribution in [2.75, 3.05) is 0 Å². The number of hydrogen-bond acceptors (Lipinski definition) is 0. The van der Waals surface area contributed by atoms with Crippen molar-refractivity contribution in [1.29, 1.82) is 0 Å². The molecule has 1 aliphatic heterocycles. The second kappa shape index (κ2) is 6.12. The summed E-state index contributed by atoms with van der Waals surface area (Å²) in [7, 11) is 0. The average molecular weight is 220 g/mol. The van der Waals surface area contributed by atoms with Crippen LogP contribution in [0.4, 0.5) is 0 Å². The number of fused-ring (bicyclic) bond motifs is 2. The van der Waals surface area contributed by atoms with Crippen molar-refractivity contribution in [2.45, 2.75) is 83.7 Å². The van der Waals surface area contributed by atoms with Crippen LogP contribution >= 0.6 is 0 Å². The van der Waals surface area contributed by atoms with E-state index in [1.165, 1.54) is 32.1 Å². The molecule has 0 spiro atoms. The van der Waals surface area contributed by atoms with Crippen LogP contribution in [0, 0.1) is 11.8 Å². The highest BCUT2D eigenvalue weighted by Crippen LogP contribution is 2.47. The fraction of sp³-hybridized carbons (Fsp3) is 1.00. The molecule has 3 atom stereocenters. The molecule has 2 bridgehead atoms. The molecule has 1 aliphatic carbocycles. The summed E-state index contributed by atoms with van der Waals surface area (Å²) in [5.41, 5.74) is 0. The molecule has 2 rings (SSSR count). The zero-order valence-corrected chi connectivity index (χ0v) is 11.4. The predicted octanol–water partition coefficient (Wildman–Crippen LogP) is 5.27. The van der Waals surface area contributed by atoms with Crippen LogP contribution in [-0.2, 0) is 0 Å². The Balaban J connectivity index is 1.75. The normalized spacial score (nSPS) is 34.1. The van der Waals surface area contributed by atoms with Crippen LogP contribution in [0.5, 0.6) is 0 Å². The Kier molecular flexibility index (Phi) is 4.79. The number of hydrogen-bond donors (Lipinski definition) is 0. The minimum absolute atomic E-state index is 1.03. The van der Waals surface area contributed by atoms with Crippen molar-refractivity contribution in [3.8, 4) is 0 Å². The molecule has 1 saturated carbocycles. The third-order valence-electron chi connectivity index (χ3n) is 5.35. The van der Waals surface area contributed by atoms with Gasteiger partial charge in [-0.05, 0) is 11.8 Å². The highest BCUT2D eigenvalue weighted by atomic mass is 14.3. The van der Waals surface area contributed by atoms with E-state index in [9.17, 15) is 0 Å². The first-order valence-corrected chi connectivity index (χ1v) is 7.81. The molecule has 0 radical (unpaired) electrons. The SMILES string of the molecule is CCCCCCB1CCC2CCC(C)C1C2. The molecular weight excluding hydrogens is 191 g/mol. The van der Waals surface area contributed by atoms with Gasteiger partial charge in [0.2, 0.25) is 0 Å². The highest BCUT2D eigenvalue weighted by Gasteiger charge is 2.38. The minimum Gasteiger partial charge on any atom is -0.0739 e. The summed E-state index contributed by atoms with van der Waals surface area (Å²) in [4.78, 5) is 0. The Bertz CT molecular complexity index is 202. The molecule has 0 amide bonds. The van der Waals surface area contributed by atoms with Gasteiger partial charge >= 0.3 is 0 Å². The Labute approximate surface area is 103 Å². The van der Waals surface area contributed by atoms with Crippen LogP contribution in [0.2, 0.25) is 18.5 Å². The molecule has 92 valence electrons. The molecule has 3 unspecified atom stereocenters. The lowest BCUT2D eigenvalue weighted by atomic mass is 9.29. The number of rotatable bonds is 5. The largest absolute Gasteiger partial charge is 0.143 e. The van der Waals surface area contributed by atoms with E-state index in [4.69, 9.17) is 0 Å². The molecule has 0 aromatic heterocycles. The van der Waals surface area contributed by atoms with Crippen LogP contribution in [0.3, 0.4) is 0 Å². The Morgan fingerprint density at radius 2 is 1.94 bits per heavy atom. The lowest BCUT2D eigenvalue weighted by Gasteiger charge is -2.43. The molecule has 16 heavy (non-hydrogen) atoms. The monoisotopic (exact) mass is 220 g/mol. The summed E-state index contributed by atoms with van der Waals surface area (Å²) in [6, 6.07) is 0. The van der Waals surface area contributed by atoms with Crippen molar-refractivity contribution in [3.05, 3.63) is 0 Å².